The number of carbonyl (C=O) groups is 1. The zero-order valence-corrected chi connectivity index (χ0v) is 10.8. The van der Waals surface area contributed by atoms with E-state index in [0.717, 1.165) is 25.3 Å². The molecule has 0 bridgehead atoms. The van der Waals surface area contributed by atoms with Gasteiger partial charge < -0.3 is 14.4 Å². The molecule has 0 aromatic rings. The van der Waals surface area contributed by atoms with E-state index in [1.807, 2.05) is 4.90 Å². The molecule has 3 atom stereocenters. The largest absolute Gasteiger partial charge is 0.346 e. The highest BCUT2D eigenvalue weighted by Gasteiger charge is 2.51. The molecule has 0 aromatic carbocycles. The molecule has 0 aromatic heterocycles. The molecule has 1 spiro atoms. The molecule has 2 aliphatic heterocycles. The highest BCUT2D eigenvalue weighted by molar-refractivity contribution is 5.80. The Bertz CT molecular complexity index is 364. The van der Waals surface area contributed by atoms with Crippen LogP contribution >= 0.6 is 0 Å². The summed E-state index contributed by atoms with van der Waals surface area (Å²) in [5.41, 5.74) is 0. The van der Waals surface area contributed by atoms with Gasteiger partial charge in [-0.25, -0.2) is 0 Å². The van der Waals surface area contributed by atoms with Crippen molar-refractivity contribution in [2.75, 3.05) is 26.3 Å². The van der Waals surface area contributed by atoms with E-state index in [9.17, 15) is 4.79 Å². The predicted octanol–water partition coefficient (Wildman–Crippen LogP) is 1.40. The molecule has 2 saturated carbocycles. The third-order valence-electron chi connectivity index (χ3n) is 5.22. The number of carbonyl (C=O) groups excluding carboxylic acids is 1. The predicted molar refractivity (Wildman–Crippen MR) is 64.8 cm³/mol. The van der Waals surface area contributed by atoms with Crippen molar-refractivity contribution in [3.8, 4) is 0 Å². The fourth-order valence-corrected chi connectivity index (χ4v) is 4.13. The highest BCUT2D eigenvalue weighted by atomic mass is 16.7. The van der Waals surface area contributed by atoms with Gasteiger partial charge in [0.2, 0.25) is 5.91 Å². The summed E-state index contributed by atoms with van der Waals surface area (Å²) in [7, 11) is 0. The van der Waals surface area contributed by atoms with Crippen LogP contribution < -0.4 is 0 Å². The Morgan fingerprint density at radius 2 is 2.06 bits per heavy atom. The first kappa shape index (κ1) is 11.2. The van der Waals surface area contributed by atoms with Crippen molar-refractivity contribution in [1.29, 1.82) is 0 Å². The molecule has 4 aliphatic rings. The van der Waals surface area contributed by atoms with Crippen molar-refractivity contribution in [3.63, 3.8) is 0 Å². The summed E-state index contributed by atoms with van der Waals surface area (Å²) in [6.45, 7) is 2.82. The number of likely N-dealkylation sites (tertiary alicyclic amines) is 1. The Hall–Kier alpha value is -0.610. The van der Waals surface area contributed by atoms with E-state index in [-0.39, 0.29) is 0 Å². The fourth-order valence-electron chi connectivity index (χ4n) is 4.13. The van der Waals surface area contributed by atoms with Crippen molar-refractivity contribution in [3.05, 3.63) is 0 Å². The summed E-state index contributed by atoms with van der Waals surface area (Å²) in [4.78, 5) is 14.6. The summed E-state index contributed by atoms with van der Waals surface area (Å²) in [5.74, 6) is 1.79. The summed E-state index contributed by atoms with van der Waals surface area (Å²) < 4.78 is 11.4. The van der Waals surface area contributed by atoms with Gasteiger partial charge in [0, 0.05) is 18.9 Å². The molecular formula is C14H21NO3. The second-order valence-corrected chi connectivity index (χ2v) is 6.31. The van der Waals surface area contributed by atoms with Crippen LogP contribution in [0.3, 0.4) is 0 Å². The lowest BCUT2D eigenvalue weighted by Gasteiger charge is -2.27. The Balaban J connectivity index is 1.43. The number of fused-ring (bicyclic) bond motifs is 1. The van der Waals surface area contributed by atoms with Gasteiger partial charge in [-0.15, -0.1) is 0 Å². The molecular weight excluding hydrogens is 230 g/mol. The minimum atomic E-state index is -0.451. The Morgan fingerprint density at radius 1 is 1.22 bits per heavy atom. The maximum absolute atomic E-state index is 12.6. The van der Waals surface area contributed by atoms with E-state index in [2.05, 4.69) is 0 Å². The molecule has 100 valence electrons. The molecule has 1 amide bonds. The molecule has 4 nitrogen and oxygen atoms in total. The minimum absolute atomic E-state index is 0.306. The molecule has 4 heteroatoms. The van der Waals surface area contributed by atoms with Gasteiger partial charge in [0.1, 0.15) is 0 Å². The Morgan fingerprint density at radius 3 is 2.89 bits per heavy atom. The van der Waals surface area contributed by atoms with E-state index >= 15 is 0 Å². The molecule has 2 aliphatic carbocycles. The van der Waals surface area contributed by atoms with Crippen LogP contribution in [0.15, 0.2) is 0 Å². The zero-order chi connectivity index (χ0) is 12.2. The molecule has 3 unspecified atom stereocenters. The number of nitrogens with zero attached hydrogens (tertiary/aromatic N) is 1. The lowest BCUT2D eigenvalue weighted by atomic mass is 9.88. The van der Waals surface area contributed by atoms with Crippen LogP contribution in [-0.2, 0) is 14.3 Å². The lowest BCUT2D eigenvalue weighted by Crippen LogP contribution is -2.40. The van der Waals surface area contributed by atoms with Crippen LogP contribution in [0, 0.1) is 17.8 Å². The molecule has 2 saturated heterocycles. The Kier molecular flexibility index (Phi) is 2.46. The first-order chi connectivity index (χ1) is 8.77. The van der Waals surface area contributed by atoms with Crippen molar-refractivity contribution in [2.45, 2.75) is 37.9 Å². The minimum Gasteiger partial charge on any atom is -0.346 e. The number of amides is 1. The van der Waals surface area contributed by atoms with Crippen molar-refractivity contribution < 1.29 is 14.3 Å². The van der Waals surface area contributed by atoms with Crippen molar-refractivity contribution in [2.24, 2.45) is 17.8 Å². The van der Waals surface area contributed by atoms with Crippen LogP contribution in [0.1, 0.15) is 32.1 Å². The summed E-state index contributed by atoms with van der Waals surface area (Å²) in [5, 5.41) is 0. The van der Waals surface area contributed by atoms with Crippen LogP contribution in [0.2, 0.25) is 0 Å². The standard InChI is InChI=1S/C14H21NO3/c16-13(11-3-1-2-10-8-12(10)11)15-5-4-14(9-15)17-6-7-18-14/h10-12H,1-9H2. The quantitative estimate of drug-likeness (QED) is 0.707. The summed E-state index contributed by atoms with van der Waals surface area (Å²) in [6.07, 6.45) is 5.83. The molecule has 4 rings (SSSR count). The third kappa shape index (κ3) is 1.69. The fraction of sp³-hybridized carbons (Fsp3) is 0.929. The highest BCUT2D eigenvalue weighted by Crippen LogP contribution is 2.53. The Labute approximate surface area is 108 Å². The molecule has 18 heavy (non-hydrogen) atoms. The average molecular weight is 251 g/mol. The van der Waals surface area contributed by atoms with Gasteiger partial charge in [-0.05, 0) is 24.7 Å². The van der Waals surface area contributed by atoms with E-state index in [1.54, 1.807) is 0 Å². The number of hydrogen-bond acceptors (Lipinski definition) is 3. The van der Waals surface area contributed by atoms with E-state index in [1.165, 1.54) is 19.3 Å². The maximum atomic E-state index is 12.6. The van der Waals surface area contributed by atoms with Gasteiger partial charge in [-0.2, -0.15) is 0 Å². The molecule has 0 N–H and O–H groups in total. The van der Waals surface area contributed by atoms with Crippen LogP contribution in [0.5, 0.6) is 0 Å². The molecule has 0 radical (unpaired) electrons. The number of rotatable bonds is 1. The van der Waals surface area contributed by atoms with Crippen LogP contribution in [-0.4, -0.2) is 42.9 Å². The van der Waals surface area contributed by atoms with E-state index in [4.69, 9.17) is 9.47 Å². The smallest absolute Gasteiger partial charge is 0.226 e. The van der Waals surface area contributed by atoms with Gasteiger partial charge in [0.15, 0.2) is 5.79 Å². The zero-order valence-electron chi connectivity index (χ0n) is 10.8. The topological polar surface area (TPSA) is 38.8 Å². The van der Waals surface area contributed by atoms with Gasteiger partial charge in [-0.3, -0.25) is 4.79 Å². The number of ether oxygens (including phenoxy) is 2. The van der Waals surface area contributed by atoms with Gasteiger partial charge in [0.05, 0.1) is 19.8 Å². The second-order valence-electron chi connectivity index (χ2n) is 6.31. The third-order valence-corrected chi connectivity index (χ3v) is 5.22. The summed E-state index contributed by atoms with van der Waals surface area (Å²) >= 11 is 0. The molecule has 4 fully saturated rings. The van der Waals surface area contributed by atoms with Gasteiger partial charge in [0.25, 0.3) is 0 Å². The van der Waals surface area contributed by atoms with Gasteiger partial charge in [-0.1, -0.05) is 12.8 Å². The lowest BCUT2D eigenvalue weighted by molar-refractivity contribution is -0.154. The van der Waals surface area contributed by atoms with E-state index < -0.39 is 5.79 Å². The van der Waals surface area contributed by atoms with Crippen molar-refractivity contribution >= 4 is 5.91 Å². The normalized spacial score (nSPS) is 41.1. The first-order valence-corrected chi connectivity index (χ1v) is 7.34. The molecule has 2 heterocycles. The average Bonchev–Trinajstić information content (AvgIpc) is 2.87. The van der Waals surface area contributed by atoms with Gasteiger partial charge >= 0.3 is 0 Å². The van der Waals surface area contributed by atoms with Crippen LogP contribution in [0.4, 0.5) is 0 Å². The summed E-state index contributed by atoms with van der Waals surface area (Å²) in [6, 6.07) is 0. The maximum Gasteiger partial charge on any atom is 0.226 e. The van der Waals surface area contributed by atoms with E-state index in [0.29, 0.717) is 37.5 Å². The van der Waals surface area contributed by atoms with Crippen LogP contribution in [0.25, 0.3) is 0 Å². The number of hydrogen-bond donors (Lipinski definition) is 0. The van der Waals surface area contributed by atoms with Crippen molar-refractivity contribution in [1.82, 2.24) is 4.90 Å². The monoisotopic (exact) mass is 251 g/mol. The SMILES string of the molecule is O=C(C1CCCC2CC21)N1CCC2(C1)OCCO2. The first-order valence-electron chi connectivity index (χ1n) is 7.34. The second kappa shape index (κ2) is 3.94.